The Labute approximate surface area is 127 Å². The predicted molar refractivity (Wildman–Crippen MR) is 86.5 cm³/mol. The van der Waals surface area contributed by atoms with Gasteiger partial charge in [-0.3, -0.25) is 9.55 Å². The first-order valence-corrected chi connectivity index (χ1v) is 6.91. The molecule has 106 valence electrons. The van der Waals surface area contributed by atoms with E-state index in [1.54, 1.807) is 12.4 Å². The number of pyridine rings is 3. The number of nitrogens with two attached hydrogens (primary N) is 1. The van der Waals surface area contributed by atoms with Gasteiger partial charge in [-0.05, 0) is 42.0 Å². The summed E-state index contributed by atoms with van der Waals surface area (Å²) in [7, 11) is 0. The Morgan fingerprint density at radius 3 is 2.64 bits per heavy atom. The first-order chi connectivity index (χ1) is 10.8. The van der Waals surface area contributed by atoms with Crippen LogP contribution in [-0.2, 0) is 0 Å². The second kappa shape index (κ2) is 4.96. The van der Waals surface area contributed by atoms with Gasteiger partial charge in [0.05, 0.1) is 11.7 Å². The van der Waals surface area contributed by atoms with Crippen LogP contribution >= 0.6 is 0 Å². The van der Waals surface area contributed by atoms with Crippen molar-refractivity contribution in [2.24, 2.45) is 0 Å². The molecule has 4 rings (SSSR count). The lowest BCUT2D eigenvalue weighted by atomic mass is 10.1. The fraction of sp³-hybridized carbons (Fsp3) is 0. The molecule has 4 aromatic heterocycles. The van der Waals surface area contributed by atoms with E-state index in [2.05, 4.69) is 21.0 Å². The molecule has 0 atom stereocenters. The van der Waals surface area contributed by atoms with Gasteiger partial charge < -0.3 is 5.73 Å². The van der Waals surface area contributed by atoms with E-state index in [0.717, 1.165) is 27.8 Å². The number of nitrogens with zero attached hydrogens (tertiary/aromatic N) is 4. The van der Waals surface area contributed by atoms with Crippen molar-refractivity contribution < 1.29 is 0 Å². The number of hydrogen-bond acceptors (Lipinski definition) is 4. The summed E-state index contributed by atoms with van der Waals surface area (Å²) in [4.78, 5) is 12.7. The van der Waals surface area contributed by atoms with Crippen molar-refractivity contribution >= 4 is 16.7 Å². The van der Waals surface area contributed by atoms with Gasteiger partial charge in [0, 0.05) is 35.7 Å². The molecule has 5 heteroatoms. The van der Waals surface area contributed by atoms with Gasteiger partial charge in [-0.15, -0.1) is 0 Å². The summed E-state index contributed by atoms with van der Waals surface area (Å²) < 4.78 is 2.02. The Bertz CT molecular complexity index is 941. The van der Waals surface area contributed by atoms with E-state index in [9.17, 15) is 0 Å². The van der Waals surface area contributed by atoms with Gasteiger partial charge in [0.2, 0.25) is 0 Å². The van der Waals surface area contributed by atoms with Crippen LogP contribution in [0.2, 0.25) is 0 Å². The van der Waals surface area contributed by atoms with E-state index in [0.29, 0.717) is 5.82 Å². The molecule has 0 saturated heterocycles. The molecule has 5 nitrogen and oxygen atoms in total. The molecule has 4 aromatic rings. The molecule has 0 saturated carbocycles. The topological polar surface area (TPSA) is 69.6 Å². The zero-order chi connectivity index (χ0) is 14.9. The molecule has 0 fully saturated rings. The molecule has 0 spiro atoms. The van der Waals surface area contributed by atoms with Gasteiger partial charge in [0.1, 0.15) is 11.6 Å². The van der Waals surface area contributed by atoms with Crippen molar-refractivity contribution in [1.82, 2.24) is 19.5 Å². The number of aromatic nitrogens is 4. The van der Waals surface area contributed by atoms with E-state index < -0.39 is 0 Å². The Kier molecular flexibility index (Phi) is 2.83. The van der Waals surface area contributed by atoms with Crippen molar-refractivity contribution in [3.63, 3.8) is 0 Å². The minimum Gasteiger partial charge on any atom is -0.384 e. The van der Waals surface area contributed by atoms with Gasteiger partial charge in [-0.25, -0.2) is 9.97 Å². The average Bonchev–Trinajstić information content (AvgIpc) is 2.99. The van der Waals surface area contributed by atoms with Crippen LogP contribution in [0, 0.1) is 0 Å². The summed E-state index contributed by atoms with van der Waals surface area (Å²) in [6, 6.07) is 11.8. The molecule has 0 aliphatic heterocycles. The Morgan fingerprint density at radius 1 is 0.864 bits per heavy atom. The molecule has 0 amide bonds. The molecular weight excluding hydrogens is 274 g/mol. The van der Waals surface area contributed by atoms with Crippen molar-refractivity contribution in [2.45, 2.75) is 0 Å². The fourth-order valence-corrected chi connectivity index (χ4v) is 2.50. The van der Waals surface area contributed by atoms with Gasteiger partial charge in [-0.1, -0.05) is 0 Å². The van der Waals surface area contributed by atoms with E-state index in [4.69, 9.17) is 5.73 Å². The smallest absolute Gasteiger partial charge is 0.137 e. The molecule has 0 radical (unpaired) electrons. The van der Waals surface area contributed by atoms with Crippen LogP contribution in [0.4, 0.5) is 5.82 Å². The summed E-state index contributed by atoms with van der Waals surface area (Å²) in [5.74, 6) is 1.36. The van der Waals surface area contributed by atoms with Crippen LogP contribution in [0.5, 0.6) is 0 Å². The summed E-state index contributed by atoms with van der Waals surface area (Å²) >= 11 is 0. The number of hydrogen-bond donors (Lipinski definition) is 1. The van der Waals surface area contributed by atoms with Crippen LogP contribution < -0.4 is 5.73 Å². The largest absolute Gasteiger partial charge is 0.384 e. The quantitative estimate of drug-likeness (QED) is 0.615. The standard InChI is InChI=1S/C17H13N5/c18-16-9-13(4-7-20-16)14-1-2-17(21-10-14)22-8-5-12-3-6-19-11-15(12)22/h1-11H,(H2,18,20). The first-order valence-electron chi connectivity index (χ1n) is 6.91. The zero-order valence-electron chi connectivity index (χ0n) is 11.7. The van der Waals surface area contributed by atoms with Crippen LogP contribution in [0.3, 0.4) is 0 Å². The highest BCUT2D eigenvalue weighted by atomic mass is 15.1. The van der Waals surface area contributed by atoms with Gasteiger partial charge in [-0.2, -0.15) is 0 Å². The van der Waals surface area contributed by atoms with E-state index in [-0.39, 0.29) is 0 Å². The van der Waals surface area contributed by atoms with Crippen LogP contribution in [0.25, 0.3) is 27.8 Å². The maximum absolute atomic E-state index is 5.72. The monoisotopic (exact) mass is 287 g/mol. The highest BCUT2D eigenvalue weighted by Gasteiger charge is 2.05. The fourth-order valence-electron chi connectivity index (χ4n) is 2.50. The van der Waals surface area contributed by atoms with Crippen molar-refractivity contribution in [3.8, 4) is 16.9 Å². The predicted octanol–water partition coefficient (Wildman–Crippen LogP) is 3.06. The maximum Gasteiger partial charge on any atom is 0.137 e. The summed E-state index contributed by atoms with van der Waals surface area (Å²) in [6.45, 7) is 0. The lowest BCUT2D eigenvalue weighted by molar-refractivity contribution is 1.04. The Hall–Kier alpha value is -3.21. The second-order valence-electron chi connectivity index (χ2n) is 4.99. The molecule has 0 bridgehead atoms. The lowest BCUT2D eigenvalue weighted by Gasteiger charge is -2.06. The Balaban J connectivity index is 1.76. The third-order valence-electron chi connectivity index (χ3n) is 3.60. The second-order valence-corrected chi connectivity index (χ2v) is 4.99. The van der Waals surface area contributed by atoms with Crippen LogP contribution in [0.15, 0.2) is 67.4 Å². The molecular formula is C17H13N5. The number of anilines is 1. The SMILES string of the molecule is Nc1cc(-c2ccc(-n3ccc4ccncc43)nc2)ccn1. The molecule has 0 aliphatic carbocycles. The maximum atomic E-state index is 5.72. The number of nitrogen functional groups attached to an aromatic ring is 1. The molecule has 0 aliphatic rings. The lowest BCUT2D eigenvalue weighted by Crippen LogP contribution is -1.96. The van der Waals surface area contributed by atoms with Gasteiger partial charge in [0.15, 0.2) is 0 Å². The molecule has 2 N–H and O–H groups in total. The number of rotatable bonds is 2. The molecule has 4 heterocycles. The summed E-state index contributed by atoms with van der Waals surface area (Å²) in [5.41, 5.74) is 8.77. The third kappa shape index (κ3) is 2.09. The minimum atomic E-state index is 0.504. The molecule has 0 aromatic carbocycles. The number of fused-ring (bicyclic) bond motifs is 1. The summed E-state index contributed by atoms with van der Waals surface area (Å²) in [5, 5.41) is 1.14. The van der Waals surface area contributed by atoms with E-state index >= 15 is 0 Å². The highest BCUT2D eigenvalue weighted by Crippen LogP contribution is 2.22. The van der Waals surface area contributed by atoms with Crippen molar-refractivity contribution in [1.29, 1.82) is 0 Å². The van der Waals surface area contributed by atoms with Gasteiger partial charge >= 0.3 is 0 Å². The van der Waals surface area contributed by atoms with Crippen molar-refractivity contribution in [3.05, 3.63) is 67.4 Å². The average molecular weight is 287 g/mol. The van der Waals surface area contributed by atoms with Crippen molar-refractivity contribution in [2.75, 3.05) is 5.73 Å². The van der Waals surface area contributed by atoms with Crippen LogP contribution in [-0.4, -0.2) is 19.5 Å². The van der Waals surface area contributed by atoms with Crippen LogP contribution in [0.1, 0.15) is 0 Å². The highest BCUT2D eigenvalue weighted by molar-refractivity contribution is 5.80. The van der Waals surface area contributed by atoms with Gasteiger partial charge in [0.25, 0.3) is 0 Å². The van der Waals surface area contributed by atoms with E-state index in [1.165, 1.54) is 0 Å². The zero-order valence-corrected chi connectivity index (χ0v) is 11.7. The summed E-state index contributed by atoms with van der Waals surface area (Å²) in [6.07, 6.45) is 9.17. The first kappa shape index (κ1) is 12.5. The third-order valence-corrected chi connectivity index (χ3v) is 3.60. The molecule has 22 heavy (non-hydrogen) atoms. The normalized spacial score (nSPS) is 10.9. The molecule has 0 unspecified atom stereocenters. The van der Waals surface area contributed by atoms with E-state index in [1.807, 2.05) is 53.5 Å². The Morgan fingerprint density at radius 2 is 1.82 bits per heavy atom. The minimum absolute atomic E-state index is 0.504.